The van der Waals surface area contributed by atoms with E-state index in [-0.39, 0.29) is 12.4 Å². The van der Waals surface area contributed by atoms with Gasteiger partial charge in [-0.1, -0.05) is 6.07 Å². The van der Waals surface area contributed by atoms with Gasteiger partial charge in [0.2, 0.25) is 0 Å². The van der Waals surface area contributed by atoms with Gasteiger partial charge in [-0.15, -0.1) is 11.3 Å². The van der Waals surface area contributed by atoms with Gasteiger partial charge in [-0.3, -0.25) is 0 Å². The molecule has 0 unspecified atom stereocenters. The quantitative estimate of drug-likeness (QED) is 0.714. The van der Waals surface area contributed by atoms with Crippen molar-refractivity contribution in [2.45, 2.75) is 13.2 Å². The Hall–Kier alpha value is -1.52. The number of thiophene rings is 1. The molecule has 0 saturated heterocycles. The number of aliphatic hydroxyl groups is 1. The molecule has 16 heavy (non-hydrogen) atoms. The molecular weight excluding hydrogens is 222 g/mol. The third-order valence-electron chi connectivity index (χ3n) is 2.30. The van der Waals surface area contributed by atoms with Crippen LogP contribution in [0.15, 0.2) is 35.7 Å². The average Bonchev–Trinajstić information content (AvgIpc) is 2.81. The number of aromatic hydroxyl groups is 1. The molecule has 2 aromatic rings. The number of hydrogen-bond acceptors (Lipinski definition) is 4. The van der Waals surface area contributed by atoms with E-state index in [4.69, 9.17) is 5.11 Å². The largest absolute Gasteiger partial charge is 0.508 e. The van der Waals surface area contributed by atoms with E-state index >= 15 is 0 Å². The van der Waals surface area contributed by atoms with Crippen LogP contribution >= 0.6 is 11.3 Å². The van der Waals surface area contributed by atoms with Gasteiger partial charge in [0.1, 0.15) is 5.75 Å². The summed E-state index contributed by atoms with van der Waals surface area (Å²) in [6, 6.07) is 9.20. The summed E-state index contributed by atoms with van der Waals surface area (Å²) in [7, 11) is 0. The standard InChI is InChI=1S/C12H13NO2S/c14-8-9-6-10(3-4-12(9)15)13-7-11-2-1-5-16-11/h1-6,13-15H,7-8H2. The SMILES string of the molecule is OCc1cc(NCc2cccs2)ccc1O. The van der Waals surface area contributed by atoms with Crippen LogP contribution in [0.5, 0.6) is 5.75 Å². The third kappa shape index (κ3) is 2.53. The maximum atomic E-state index is 9.40. The Bertz CT molecular complexity index is 454. The Balaban J connectivity index is 2.04. The summed E-state index contributed by atoms with van der Waals surface area (Å²) >= 11 is 1.69. The maximum absolute atomic E-state index is 9.40. The molecule has 3 nitrogen and oxygen atoms in total. The van der Waals surface area contributed by atoms with Gasteiger partial charge in [0.25, 0.3) is 0 Å². The fraction of sp³-hybridized carbons (Fsp3) is 0.167. The molecule has 2 rings (SSSR count). The Kier molecular flexibility index (Phi) is 3.44. The highest BCUT2D eigenvalue weighted by Crippen LogP contribution is 2.22. The maximum Gasteiger partial charge on any atom is 0.121 e. The topological polar surface area (TPSA) is 52.5 Å². The zero-order valence-corrected chi connectivity index (χ0v) is 9.50. The Morgan fingerprint density at radius 3 is 2.81 bits per heavy atom. The lowest BCUT2D eigenvalue weighted by molar-refractivity contribution is 0.275. The zero-order valence-electron chi connectivity index (χ0n) is 8.68. The number of phenols is 1. The Morgan fingerprint density at radius 2 is 2.12 bits per heavy atom. The normalized spacial score (nSPS) is 10.3. The number of hydrogen-bond donors (Lipinski definition) is 3. The minimum Gasteiger partial charge on any atom is -0.508 e. The van der Waals surface area contributed by atoms with Crippen LogP contribution in [0.3, 0.4) is 0 Å². The first-order chi connectivity index (χ1) is 7.79. The molecule has 0 saturated carbocycles. The van der Waals surface area contributed by atoms with E-state index in [9.17, 15) is 5.11 Å². The molecule has 4 heteroatoms. The Labute approximate surface area is 98.0 Å². The molecule has 0 bridgehead atoms. The highest BCUT2D eigenvalue weighted by Gasteiger charge is 2.01. The molecule has 0 radical (unpaired) electrons. The van der Waals surface area contributed by atoms with Crippen molar-refractivity contribution in [3.8, 4) is 5.75 Å². The number of nitrogens with one attached hydrogen (secondary N) is 1. The molecule has 0 spiro atoms. The monoisotopic (exact) mass is 235 g/mol. The number of benzene rings is 1. The van der Waals surface area contributed by atoms with Gasteiger partial charge in [-0.05, 0) is 29.6 Å². The van der Waals surface area contributed by atoms with Crippen LogP contribution in [0.25, 0.3) is 0 Å². The van der Waals surface area contributed by atoms with Crippen molar-refractivity contribution in [3.05, 3.63) is 46.2 Å². The molecule has 3 N–H and O–H groups in total. The van der Waals surface area contributed by atoms with Gasteiger partial charge in [0.05, 0.1) is 6.61 Å². The van der Waals surface area contributed by atoms with E-state index in [0.29, 0.717) is 5.56 Å². The second kappa shape index (κ2) is 5.01. The highest BCUT2D eigenvalue weighted by atomic mass is 32.1. The lowest BCUT2D eigenvalue weighted by Gasteiger charge is -2.07. The number of rotatable bonds is 4. The molecule has 0 fully saturated rings. The van der Waals surface area contributed by atoms with Gasteiger partial charge in [-0.2, -0.15) is 0 Å². The smallest absolute Gasteiger partial charge is 0.121 e. The van der Waals surface area contributed by atoms with E-state index in [1.165, 1.54) is 4.88 Å². The van der Waals surface area contributed by atoms with Crippen LogP contribution in [0.2, 0.25) is 0 Å². The summed E-state index contributed by atoms with van der Waals surface area (Å²) in [5, 5.41) is 23.7. The zero-order chi connectivity index (χ0) is 11.4. The molecule has 1 heterocycles. The van der Waals surface area contributed by atoms with Crippen molar-refractivity contribution < 1.29 is 10.2 Å². The van der Waals surface area contributed by atoms with Crippen molar-refractivity contribution in [1.82, 2.24) is 0 Å². The van der Waals surface area contributed by atoms with Crippen LogP contribution in [0.1, 0.15) is 10.4 Å². The predicted molar refractivity (Wildman–Crippen MR) is 65.7 cm³/mol. The highest BCUT2D eigenvalue weighted by molar-refractivity contribution is 7.09. The van der Waals surface area contributed by atoms with Gasteiger partial charge >= 0.3 is 0 Å². The molecule has 0 atom stereocenters. The minimum absolute atomic E-state index is 0.129. The van der Waals surface area contributed by atoms with E-state index in [1.54, 1.807) is 29.5 Å². The van der Waals surface area contributed by atoms with Crippen molar-refractivity contribution in [2.24, 2.45) is 0 Å². The third-order valence-corrected chi connectivity index (χ3v) is 3.17. The summed E-state index contributed by atoms with van der Waals surface area (Å²) in [6.07, 6.45) is 0. The van der Waals surface area contributed by atoms with Crippen molar-refractivity contribution in [1.29, 1.82) is 0 Å². The molecule has 1 aromatic heterocycles. The van der Waals surface area contributed by atoms with Crippen molar-refractivity contribution in [2.75, 3.05) is 5.32 Å². The molecular formula is C12H13NO2S. The second-order valence-corrected chi connectivity index (χ2v) is 4.47. The predicted octanol–water partition coefficient (Wildman–Crippen LogP) is 2.56. The van der Waals surface area contributed by atoms with Crippen molar-refractivity contribution in [3.63, 3.8) is 0 Å². The molecule has 84 valence electrons. The second-order valence-electron chi connectivity index (χ2n) is 3.43. The average molecular weight is 235 g/mol. The van der Waals surface area contributed by atoms with E-state index in [2.05, 4.69) is 11.4 Å². The first-order valence-corrected chi connectivity index (χ1v) is 5.86. The first kappa shape index (κ1) is 11.0. The molecule has 0 aliphatic heterocycles. The lowest BCUT2D eigenvalue weighted by atomic mass is 10.2. The van der Waals surface area contributed by atoms with Crippen LogP contribution in [0, 0.1) is 0 Å². The summed E-state index contributed by atoms with van der Waals surface area (Å²) < 4.78 is 0. The van der Waals surface area contributed by atoms with Gasteiger partial charge in [-0.25, -0.2) is 0 Å². The van der Waals surface area contributed by atoms with Gasteiger partial charge in [0.15, 0.2) is 0 Å². The Morgan fingerprint density at radius 1 is 1.25 bits per heavy atom. The fourth-order valence-corrected chi connectivity index (χ4v) is 2.07. The van der Waals surface area contributed by atoms with Gasteiger partial charge < -0.3 is 15.5 Å². The molecule has 0 aliphatic carbocycles. The fourth-order valence-electron chi connectivity index (χ4n) is 1.42. The number of aliphatic hydroxyl groups excluding tert-OH is 1. The van der Waals surface area contributed by atoms with Crippen LogP contribution < -0.4 is 5.32 Å². The molecule has 0 amide bonds. The molecule has 0 aliphatic rings. The summed E-state index contributed by atoms with van der Waals surface area (Å²) in [5.74, 6) is 0.129. The van der Waals surface area contributed by atoms with E-state index < -0.39 is 0 Å². The van der Waals surface area contributed by atoms with Crippen LogP contribution in [-0.4, -0.2) is 10.2 Å². The summed E-state index contributed by atoms with van der Waals surface area (Å²) in [5.41, 5.74) is 1.44. The van der Waals surface area contributed by atoms with Crippen molar-refractivity contribution >= 4 is 17.0 Å². The van der Waals surface area contributed by atoms with E-state index in [1.807, 2.05) is 11.4 Å². The minimum atomic E-state index is -0.152. The van der Waals surface area contributed by atoms with Crippen LogP contribution in [-0.2, 0) is 13.2 Å². The first-order valence-electron chi connectivity index (χ1n) is 4.98. The number of anilines is 1. The lowest BCUT2D eigenvalue weighted by Crippen LogP contribution is -1.98. The summed E-state index contributed by atoms with van der Waals surface area (Å²) in [4.78, 5) is 1.25. The molecule has 1 aromatic carbocycles. The van der Waals surface area contributed by atoms with E-state index in [0.717, 1.165) is 12.2 Å². The summed E-state index contributed by atoms with van der Waals surface area (Å²) in [6.45, 7) is 0.605. The van der Waals surface area contributed by atoms with Crippen LogP contribution in [0.4, 0.5) is 5.69 Å². The van der Waals surface area contributed by atoms with Gasteiger partial charge in [0, 0.05) is 22.7 Å².